The first-order valence-electron chi connectivity index (χ1n) is 2.79. The summed E-state index contributed by atoms with van der Waals surface area (Å²) in [5, 5.41) is 0. The first-order chi connectivity index (χ1) is 5.00. The van der Waals surface area contributed by atoms with E-state index in [-0.39, 0.29) is 27.3 Å². The fourth-order valence-corrected chi connectivity index (χ4v) is 0. The van der Waals surface area contributed by atoms with Crippen LogP contribution in [0.2, 0.25) is 0 Å². The maximum absolute atomic E-state index is 8.65. The summed E-state index contributed by atoms with van der Waals surface area (Å²) in [7, 11) is 0. The summed E-state index contributed by atoms with van der Waals surface area (Å²) in [6, 6.07) is 0. The molecule has 0 aliphatic heterocycles. The Morgan fingerprint density at radius 3 is 0.833 bits per heavy atom. The first kappa shape index (κ1) is 29.2. The third kappa shape index (κ3) is 894. The third-order valence-electron chi connectivity index (χ3n) is 0. The van der Waals surface area contributed by atoms with Crippen LogP contribution in [0.3, 0.4) is 0 Å². The molecule has 0 unspecified atom stereocenters. The van der Waals surface area contributed by atoms with Crippen molar-refractivity contribution in [2.45, 2.75) is 20.8 Å². The molecule has 12 heavy (non-hydrogen) atoms. The second kappa shape index (κ2) is 29.6. The Balaban J connectivity index is -0.0000000203. The molecule has 76 valence electrons. The van der Waals surface area contributed by atoms with Crippen LogP contribution in [0, 0.1) is 20.8 Å². The van der Waals surface area contributed by atoms with E-state index < -0.39 is 16.7 Å². The molecule has 0 saturated carbocycles. The Bertz CT molecular complexity index is 103. The zero-order valence-electron chi connectivity index (χ0n) is 7.66. The van der Waals surface area contributed by atoms with Gasteiger partial charge in [0.15, 0.2) is 0 Å². The number of hydrogen-bond donors (Lipinski definition) is 0. The van der Waals surface area contributed by atoms with E-state index in [1.165, 1.54) is 0 Å². The normalized spacial score (nSPS) is 6.33. The second-order valence-corrected chi connectivity index (χ2v) is 3.34. The maximum atomic E-state index is 8.65. The van der Waals surface area contributed by atoms with Crippen LogP contribution in [-0.4, -0.2) is 27.3 Å². The van der Waals surface area contributed by atoms with Gasteiger partial charge in [-0.25, -0.2) is 0 Å². The van der Waals surface area contributed by atoms with E-state index in [0.29, 0.717) is 0 Å². The maximum Gasteiger partial charge on any atom is 2.00 e. The van der Waals surface area contributed by atoms with Gasteiger partial charge < -0.3 is 20.8 Å². The summed E-state index contributed by atoms with van der Waals surface area (Å²) in [5.74, 6) is 0. The summed E-state index contributed by atoms with van der Waals surface area (Å²) in [6.45, 7) is 15.0. The Hall–Kier alpha value is 1.13. The molecule has 0 heterocycles. The van der Waals surface area contributed by atoms with Gasteiger partial charge in [-0.2, -0.15) is 20.8 Å². The smallest absolute Gasteiger partial charge is 2.00 e. The summed E-state index contributed by atoms with van der Waals surface area (Å²) in [4.78, 5) is 0. The topological polar surface area (TPSA) is 80.3 Å². The Morgan fingerprint density at radius 2 is 0.833 bits per heavy atom. The van der Waals surface area contributed by atoms with Gasteiger partial charge in [-0.1, -0.05) is 0 Å². The van der Waals surface area contributed by atoms with Crippen molar-refractivity contribution in [1.82, 2.24) is 0 Å². The minimum absolute atomic E-state index is 0. The molecule has 0 aromatic rings. The van der Waals surface area contributed by atoms with E-state index in [1.807, 2.05) is 0 Å². The van der Waals surface area contributed by atoms with E-state index in [0.717, 1.165) is 0 Å². The van der Waals surface area contributed by atoms with Crippen LogP contribution in [0.1, 0.15) is 20.8 Å². The van der Waals surface area contributed by atoms with E-state index in [4.69, 9.17) is 14.3 Å². The fraction of sp³-hybridized carbons (Fsp3) is 0.500. The molecule has 0 aromatic carbocycles. The van der Waals surface area contributed by atoms with Gasteiger partial charge in [0, 0.05) is 0 Å². The van der Waals surface area contributed by atoms with Gasteiger partial charge in [0.2, 0.25) is 0 Å². The molecule has 0 bridgehead atoms. The van der Waals surface area contributed by atoms with Crippen molar-refractivity contribution >= 4 is 27.3 Å². The van der Waals surface area contributed by atoms with Crippen LogP contribution < -0.4 is 7.52 Å². The van der Waals surface area contributed by atoms with Gasteiger partial charge >= 0.3 is 58.4 Å². The molecule has 4 nitrogen and oxygen atoms in total. The number of hydrogen-bond acceptors (Lipinski definition) is 4. The molecule has 0 aromatic heterocycles. The van der Waals surface area contributed by atoms with Crippen molar-refractivity contribution in [2.24, 2.45) is 0 Å². The molecular weight excluding hydrogens is 527 g/mol. The molecule has 0 aliphatic rings. The van der Waals surface area contributed by atoms with Crippen LogP contribution in [0.4, 0.5) is 0 Å². The van der Waals surface area contributed by atoms with Gasteiger partial charge in [0.25, 0.3) is 0 Å². The van der Waals surface area contributed by atoms with E-state index in [2.05, 4.69) is 20.8 Å². The zero-order valence-corrected chi connectivity index (χ0v) is 14.5. The quantitative estimate of drug-likeness (QED) is 0.306. The number of rotatable bonds is 0. The van der Waals surface area contributed by atoms with Crippen molar-refractivity contribution in [3.8, 4) is 0 Å². The van der Waals surface area contributed by atoms with Crippen molar-refractivity contribution in [2.75, 3.05) is 0 Å². The van der Waals surface area contributed by atoms with Crippen molar-refractivity contribution in [1.29, 1.82) is 0 Å². The SMILES string of the molecule is [CH2-]C.[CH2-]C.[CH2-]C.[O]=[W](=[O])([O-])[O-].[Pb+2]. The molecule has 0 aliphatic carbocycles. The zero-order chi connectivity index (χ0) is 10.5. The summed E-state index contributed by atoms with van der Waals surface area (Å²) in [5.41, 5.74) is 0. The van der Waals surface area contributed by atoms with Gasteiger partial charge in [-0.15, -0.1) is 0 Å². The van der Waals surface area contributed by atoms with Crippen LogP contribution >= 0.6 is 0 Å². The van der Waals surface area contributed by atoms with Crippen molar-refractivity contribution < 1.29 is 31.1 Å². The van der Waals surface area contributed by atoms with Crippen molar-refractivity contribution in [3.63, 3.8) is 0 Å². The molecule has 0 atom stereocenters. The Labute approximate surface area is 99.3 Å². The van der Waals surface area contributed by atoms with Gasteiger partial charge in [-0.3, -0.25) is 0 Å². The van der Waals surface area contributed by atoms with Crippen LogP contribution in [-0.2, 0) is 23.5 Å². The molecule has 0 amide bonds. The van der Waals surface area contributed by atoms with Crippen LogP contribution in [0.25, 0.3) is 0 Å². The minimum Gasteiger partial charge on any atom is 2.00 e. The molecule has 6 heteroatoms. The predicted octanol–water partition coefficient (Wildman–Crippen LogP) is -0.478. The molecule has 0 fully saturated rings. The average molecular weight is 542 g/mol. The Morgan fingerprint density at radius 1 is 0.833 bits per heavy atom. The summed E-state index contributed by atoms with van der Waals surface area (Å²) < 4.78 is 34.6. The third-order valence-corrected chi connectivity index (χ3v) is 0. The standard InChI is InChI=1S/3C2H5.4O.Pb.W/c3*1-2;;;;;;/h3*1H2,2H3;;;;;;/q3*-1;;;2*-1;+2;. The first-order valence-corrected chi connectivity index (χ1v) is 7.58. The Kier molecular flexibility index (Phi) is 72.0. The fourth-order valence-electron chi connectivity index (χ4n) is 0. The van der Waals surface area contributed by atoms with Gasteiger partial charge in [0.05, 0.1) is 0 Å². The largest absolute Gasteiger partial charge is 2.00 e. The monoisotopic (exact) mass is 543 g/mol. The average Bonchev–Trinajstić information content (AvgIpc) is 1.96. The molecule has 0 saturated heterocycles. The van der Waals surface area contributed by atoms with Crippen LogP contribution in [0.15, 0.2) is 0 Å². The van der Waals surface area contributed by atoms with Crippen molar-refractivity contribution in [3.05, 3.63) is 20.8 Å². The van der Waals surface area contributed by atoms with Gasteiger partial charge in [-0.05, 0) is 0 Å². The van der Waals surface area contributed by atoms with Crippen LogP contribution in [0.5, 0.6) is 0 Å². The minimum atomic E-state index is -6.17. The summed E-state index contributed by atoms with van der Waals surface area (Å²) >= 11 is -6.17. The molecular formula is C6H15O4PbW-3. The van der Waals surface area contributed by atoms with Gasteiger partial charge in [0.1, 0.15) is 0 Å². The molecule has 0 N–H and O–H groups in total. The molecule has 0 spiro atoms. The van der Waals surface area contributed by atoms with E-state index >= 15 is 0 Å². The summed E-state index contributed by atoms with van der Waals surface area (Å²) in [6.07, 6.45) is 0. The van der Waals surface area contributed by atoms with E-state index in [9.17, 15) is 0 Å². The van der Waals surface area contributed by atoms with E-state index in [1.54, 1.807) is 20.8 Å². The predicted molar refractivity (Wildman–Crippen MR) is 40.2 cm³/mol. The molecule has 2 radical (unpaired) electrons. The molecule has 0 rings (SSSR count). The second-order valence-electron chi connectivity index (χ2n) is 0.408.